The van der Waals surface area contributed by atoms with Crippen molar-refractivity contribution >= 4 is 214 Å². The summed E-state index contributed by atoms with van der Waals surface area (Å²) >= 11 is 0. The maximum absolute atomic E-state index is 6.39. The quantitative estimate of drug-likeness (QED) is 0.0958. The second-order valence-electron chi connectivity index (χ2n) is 38.3. The van der Waals surface area contributed by atoms with Crippen LogP contribution in [0.5, 0.6) is 0 Å². The summed E-state index contributed by atoms with van der Waals surface area (Å²) in [7, 11) is 0. The highest BCUT2D eigenvalue weighted by Crippen LogP contribution is 2.54. The van der Waals surface area contributed by atoms with Crippen molar-refractivity contribution in [2.75, 3.05) is 14.7 Å². The lowest BCUT2D eigenvalue weighted by molar-refractivity contribution is 0.620. The van der Waals surface area contributed by atoms with E-state index in [4.69, 9.17) is 9.40 Å². The molecule has 0 fully saturated rings. The molecule has 148 heavy (non-hydrogen) atoms. The predicted octanol–water partition coefficient (Wildman–Crippen LogP) is 38.2. The van der Waals surface area contributed by atoms with E-state index in [2.05, 4.69) is 548 Å². The number of aromatic nitrogens is 5. The van der Waals surface area contributed by atoms with Crippen molar-refractivity contribution in [3.05, 3.63) is 546 Å². The maximum atomic E-state index is 6.39. The third kappa shape index (κ3) is 13.8. The molecule has 0 saturated carbocycles. The molecule has 31 aromatic rings. The summed E-state index contributed by atoms with van der Waals surface area (Å²) in [4.78, 5) is 12.2. The first-order valence-corrected chi connectivity index (χ1v) is 50.6. The highest BCUT2D eigenvalue weighted by Gasteiger charge is 2.31. The molecule has 0 bridgehead atoms. The molecule has 0 aliphatic heterocycles. The average Bonchev–Trinajstić information content (AvgIpc) is 1.52. The van der Waals surface area contributed by atoms with Gasteiger partial charge in [0.15, 0.2) is 5.58 Å². The Balaban J connectivity index is 0.000000105. The molecule has 24 aromatic carbocycles. The molecule has 9 heteroatoms. The Bertz CT molecular complexity index is 10400. The SMILES string of the molecule is c1ccc(-c2cc3c4ccccc4n4c5ccccc5c5cccc6c5c(c2n6-c2cccc(N(c5ccccc5)c5ccccc5)c2)c34)cc1.c1ccc(-c2cccc(N(c3cccc(-c4ccccc4)c3)c3cc4ccccc4c4c3ccc3oc(-c5ccccc5)nc34)c2)cc1.c1ccc(N(c2ccccc2)c2cccc(-n3c4cccc5c6ccccc6n6c7ccc8ccccc8c7c7ccc3c(c54)c76)c2)cc1. The molecule has 0 saturated heterocycles. The summed E-state index contributed by atoms with van der Waals surface area (Å²) in [5, 5.41) is 22.4. The van der Waals surface area contributed by atoms with Crippen LogP contribution in [0.2, 0.25) is 0 Å². The van der Waals surface area contributed by atoms with Crippen LogP contribution in [0.15, 0.2) is 550 Å². The van der Waals surface area contributed by atoms with Crippen molar-refractivity contribution in [2.24, 2.45) is 0 Å². The van der Waals surface area contributed by atoms with Crippen LogP contribution in [-0.4, -0.2) is 22.9 Å². The Hall–Kier alpha value is -19.9. The highest BCUT2D eigenvalue weighted by molar-refractivity contribution is 6.38. The van der Waals surface area contributed by atoms with E-state index in [-0.39, 0.29) is 0 Å². The van der Waals surface area contributed by atoms with Gasteiger partial charge >= 0.3 is 0 Å². The van der Waals surface area contributed by atoms with Gasteiger partial charge in [-0.15, -0.1) is 0 Å². The van der Waals surface area contributed by atoms with E-state index >= 15 is 0 Å². The summed E-state index contributed by atoms with van der Waals surface area (Å²) in [5.41, 5.74) is 34.2. The Labute approximate surface area is 852 Å². The zero-order chi connectivity index (χ0) is 97.4. The van der Waals surface area contributed by atoms with Gasteiger partial charge in [0.05, 0.1) is 60.9 Å². The number of nitrogens with zero attached hydrogens (tertiary/aromatic N) is 8. The molecule has 0 N–H and O–H groups in total. The van der Waals surface area contributed by atoms with Gasteiger partial charge in [0, 0.05) is 133 Å². The van der Waals surface area contributed by atoms with E-state index in [1.54, 1.807) is 0 Å². The summed E-state index contributed by atoms with van der Waals surface area (Å²) in [6.07, 6.45) is 0. The monoisotopic (exact) mass is 1890 g/mol. The van der Waals surface area contributed by atoms with E-state index in [1.807, 2.05) is 30.3 Å². The lowest BCUT2D eigenvalue weighted by Crippen LogP contribution is -2.11. The zero-order valence-corrected chi connectivity index (χ0v) is 80.4. The van der Waals surface area contributed by atoms with E-state index in [9.17, 15) is 0 Å². The number of rotatable bonds is 15. The van der Waals surface area contributed by atoms with Gasteiger partial charge in [-0.05, 0) is 248 Å². The van der Waals surface area contributed by atoms with E-state index in [1.165, 1.54) is 153 Å². The number of fused-ring (bicyclic) bond motifs is 19. The molecular formula is C139H90N8O. The normalized spacial score (nSPS) is 11.8. The number of benzene rings is 24. The smallest absolute Gasteiger partial charge is 0.227 e. The van der Waals surface area contributed by atoms with Gasteiger partial charge < -0.3 is 37.1 Å². The summed E-state index contributed by atoms with van der Waals surface area (Å²) in [6, 6.07) is 196. The van der Waals surface area contributed by atoms with Gasteiger partial charge in [-0.25, -0.2) is 4.98 Å². The minimum Gasteiger partial charge on any atom is -0.436 e. The van der Waals surface area contributed by atoms with Crippen LogP contribution in [0.25, 0.3) is 219 Å². The predicted molar refractivity (Wildman–Crippen MR) is 623 cm³/mol. The topological polar surface area (TPSA) is 54.4 Å². The number of hydrogen-bond acceptors (Lipinski definition) is 5. The molecule has 0 amide bonds. The maximum Gasteiger partial charge on any atom is 0.227 e. The van der Waals surface area contributed by atoms with Gasteiger partial charge in [0.1, 0.15) is 5.52 Å². The number of anilines is 9. The van der Waals surface area contributed by atoms with Crippen LogP contribution in [0.3, 0.4) is 0 Å². The fraction of sp³-hybridized carbons (Fsp3) is 0. The van der Waals surface area contributed by atoms with Crippen LogP contribution in [-0.2, 0) is 0 Å². The van der Waals surface area contributed by atoms with Crippen LogP contribution >= 0.6 is 0 Å². The molecule has 0 aliphatic carbocycles. The molecule has 31 rings (SSSR count). The first kappa shape index (κ1) is 85.0. The number of oxazole rings is 1. The van der Waals surface area contributed by atoms with Crippen LogP contribution < -0.4 is 14.7 Å². The van der Waals surface area contributed by atoms with Crippen LogP contribution in [0.4, 0.5) is 51.2 Å². The minimum atomic E-state index is 0.621. The van der Waals surface area contributed by atoms with E-state index < -0.39 is 0 Å². The van der Waals surface area contributed by atoms with E-state index in [0.29, 0.717) is 5.89 Å². The molecule has 9 nitrogen and oxygen atoms in total. The third-order valence-electron chi connectivity index (χ3n) is 30.0. The molecule has 0 radical (unpaired) electrons. The van der Waals surface area contributed by atoms with Gasteiger partial charge in [-0.3, -0.25) is 0 Å². The summed E-state index contributed by atoms with van der Waals surface area (Å²) in [6.45, 7) is 0. The van der Waals surface area contributed by atoms with Crippen molar-refractivity contribution in [2.45, 2.75) is 0 Å². The van der Waals surface area contributed by atoms with Crippen LogP contribution in [0, 0.1) is 0 Å². The fourth-order valence-corrected chi connectivity index (χ4v) is 23.8. The molecule has 7 aromatic heterocycles. The van der Waals surface area contributed by atoms with Gasteiger partial charge in [-0.1, -0.05) is 358 Å². The van der Waals surface area contributed by atoms with Crippen molar-refractivity contribution in [1.29, 1.82) is 0 Å². The fourth-order valence-electron chi connectivity index (χ4n) is 23.8. The molecule has 0 atom stereocenters. The van der Waals surface area contributed by atoms with Crippen molar-refractivity contribution in [1.82, 2.24) is 22.9 Å². The largest absolute Gasteiger partial charge is 0.436 e. The zero-order valence-electron chi connectivity index (χ0n) is 80.4. The molecule has 0 spiro atoms. The third-order valence-corrected chi connectivity index (χ3v) is 30.0. The Kier molecular flexibility index (Phi) is 20.1. The summed E-state index contributed by atoms with van der Waals surface area (Å²) < 4.78 is 16.4. The number of para-hydroxylation sites is 7. The molecular weight excluding hydrogens is 1800 g/mol. The van der Waals surface area contributed by atoms with Crippen LogP contribution in [0.1, 0.15) is 0 Å². The standard InChI is InChI=1S/C48H31N3.C46H29N3.C45H30N2O/c1-4-16-32(17-5-1)40-31-41-38-25-11-13-28-43(38)51-42-27-12-10-24-37(42)39-26-15-29-44-45(39)46(48(41)51)47(40)50(44)36-23-14-22-35(30-36)49(33-18-6-2-7-19-33)34-20-8-3-9-21-34;1-3-14-31(15-4-1)47(32-16-5-2-6-17-32)33-18-11-19-34(29-33)48-40-24-12-22-37-36-21-9-10-23-39(36)49-41-27-25-30-13-7-8-20-35(30)43(41)38-26-28-42(48)45(44(37)40)46(38)49;1-4-14-31(15-5-1)34-21-12-23-37(28-34)47(38-24-13-22-35(29-38)32-16-6-2-7-17-32)41-30-36-20-10-11-25-39(36)43-40(41)26-27-42-44(43)46-45(48-42)33-18-8-3-9-19-33/h1-31H;1-29H;1-30H. The molecule has 0 aliphatic rings. The Morgan fingerprint density at radius 2 is 0.547 bits per heavy atom. The highest BCUT2D eigenvalue weighted by atomic mass is 16.3. The lowest BCUT2D eigenvalue weighted by atomic mass is 9.97. The Morgan fingerprint density at radius 1 is 0.182 bits per heavy atom. The van der Waals surface area contributed by atoms with E-state index in [0.717, 1.165) is 112 Å². The lowest BCUT2D eigenvalue weighted by Gasteiger charge is -2.28. The van der Waals surface area contributed by atoms with Crippen molar-refractivity contribution < 1.29 is 4.42 Å². The van der Waals surface area contributed by atoms with Crippen molar-refractivity contribution in [3.63, 3.8) is 0 Å². The van der Waals surface area contributed by atoms with Gasteiger partial charge in [0.2, 0.25) is 5.89 Å². The average molecular weight is 1890 g/mol. The molecule has 692 valence electrons. The number of hydrogen-bond donors (Lipinski definition) is 0. The minimum absolute atomic E-state index is 0.621. The second-order valence-corrected chi connectivity index (χ2v) is 38.3. The molecule has 7 heterocycles. The van der Waals surface area contributed by atoms with Crippen molar-refractivity contribution in [3.8, 4) is 56.2 Å². The molecule has 0 unspecified atom stereocenters. The first-order chi connectivity index (χ1) is 73.5. The second kappa shape index (κ2) is 35.1. The summed E-state index contributed by atoms with van der Waals surface area (Å²) in [5.74, 6) is 0.621. The van der Waals surface area contributed by atoms with Gasteiger partial charge in [0.25, 0.3) is 0 Å². The first-order valence-electron chi connectivity index (χ1n) is 50.6. The Morgan fingerprint density at radius 3 is 1.08 bits per heavy atom. The van der Waals surface area contributed by atoms with Gasteiger partial charge in [-0.2, -0.15) is 0 Å².